The number of likely N-dealkylation sites (tertiary alicyclic amines) is 1. The number of anilines is 2. The predicted molar refractivity (Wildman–Crippen MR) is 374 cm³/mol. The molecule has 1 unspecified atom stereocenters. The number of carbonyl (C=O) groups is 5. The molecule has 3 aromatic heterocycles. The fourth-order valence-electron chi connectivity index (χ4n) is 16.4. The number of fused-ring (bicyclic) bond motifs is 2. The standard InChI is InChI=1S/C73H93N11O8S3/c1-44(50-25-27-51(28-26-50)64-45(2)75-43-93-64)76-68(88)60-37-52(85)42-83(60)70(90)66(72(4,5)6)78-62(86)24-15-13-11-9-8-10-12-14-18-33-95(91,92)81-69(89)59-22-19-21-58(84(59)63-46(3)82(7)80-65(63)73-38-47-34-48(39-73)36-49(35-47)40-73)54-29-30-55(56-41-74-32-31-53(54)56)67(87)79-71-77-57-20-16-17-23-61(57)94-71/h16-17,19-23,25-30,43-44,47-49,52,58,60,66,74,85H,8-15,18,24,31-42H2,1-7H3,(H,76,88)(H,78,86)(H,81,89)(H,77,79,87)/t44-,47?,48?,49?,52+,58?,60-,66+,73?/m0/s1. The molecule has 7 aliphatic rings. The highest BCUT2D eigenvalue weighted by atomic mass is 32.2. The molecule has 0 radical (unpaired) electrons. The number of allylic oxidation sites excluding steroid dienone is 2. The number of hydrogen-bond donors (Lipinski definition) is 6. The van der Waals surface area contributed by atoms with E-state index in [4.69, 9.17) is 5.10 Å². The number of aryl methyl sites for hydroxylation is 2. The molecule has 4 bridgehead atoms. The third-order valence-electron chi connectivity index (χ3n) is 20.9. The van der Waals surface area contributed by atoms with Crippen molar-refractivity contribution in [2.24, 2.45) is 30.2 Å². The van der Waals surface area contributed by atoms with Gasteiger partial charge in [-0.25, -0.2) is 23.1 Å². The van der Waals surface area contributed by atoms with Gasteiger partial charge < -0.3 is 30.9 Å². The fraction of sp³-hybridized carbons (Fsp3) is 0.534. The number of benzene rings is 3. The molecule has 22 heteroatoms. The maximum absolute atomic E-state index is 15.0. The van der Waals surface area contributed by atoms with E-state index in [1.54, 1.807) is 17.4 Å². The zero-order valence-electron chi connectivity index (χ0n) is 56.0. The summed E-state index contributed by atoms with van der Waals surface area (Å²) >= 11 is 3.01. The van der Waals surface area contributed by atoms with E-state index in [-0.39, 0.29) is 60.0 Å². The van der Waals surface area contributed by atoms with Gasteiger partial charge in [0.25, 0.3) is 11.8 Å². The molecule has 3 aliphatic heterocycles. The molecule has 4 saturated carbocycles. The normalized spacial score (nSPS) is 22.9. The molecule has 6 heterocycles. The fourth-order valence-corrected chi connectivity index (χ4v) is 19.2. The summed E-state index contributed by atoms with van der Waals surface area (Å²) in [5.74, 6) is -0.213. The quantitative estimate of drug-likeness (QED) is 0.0292. The number of aromatic nitrogens is 4. The molecule has 6 N–H and O–H groups in total. The van der Waals surface area contributed by atoms with E-state index in [1.165, 1.54) is 35.5 Å². The second-order valence-corrected chi connectivity index (χ2v) is 32.7. The van der Waals surface area contributed by atoms with Gasteiger partial charge in [-0.3, -0.25) is 34.0 Å². The van der Waals surface area contributed by atoms with Gasteiger partial charge in [0.15, 0.2) is 5.13 Å². The molecule has 0 spiro atoms. The number of nitrogens with zero attached hydrogens (tertiary/aromatic N) is 6. The molecule has 5 atom stereocenters. The van der Waals surface area contributed by atoms with Crippen LogP contribution in [0.5, 0.6) is 0 Å². The Balaban J connectivity index is 0.626. The Kier molecular flexibility index (Phi) is 20.4. The lowest BCUT2D eigenvalue weighted by molar-refractivity contribution is -0.144. The average molecular weight is 1350 g/mol. The molecule has 13 rings (SSSR count). The number of unbranched alkanes of at least 4 members (excludes halogenated alkanes) is 8. The van der Waals surface area contributed by atoms with Crippen LogP contribution in [0.15, 0.2) is 90.1 Å². The summed E-state index contributed by atoms with van der Waals surface area (Å²) in [7, 11) is -2.08. The number of hydrogen-bond acceptors (Lipinski definition) is 15. The first-order chi connectivity index (χ1) is 45.5. The molecule has 1 saturated heterocycles. The number of β-amino-alcohol motifs (C(OH)–C–C–N with tert-alkyl or cyclic N) is 1. The van der Waals surface area contributed by atoms with Gasteiger partial charge in [-0.05, 0) is 160 Å². The molecular weight excluding hydrogens is 1260 g/mol. The third-order valence-corrected chi connectivity index (χ3v) is 24.2. The number of rotatable bonds is 25. The van der Waals surface area contributed by atoms with Crippen LogP contribution in [-0.4, -0.2) is 105 Å². The molecular formula is C73H93N11O8S3. The number of aliphatic hydroxyl groups excluding tert-OH is 1. The number of amides is 5. The van der Waals surface area contributed by atoms with Crippen molar-refractivity contribution in [3.8, 4) is 10.4 Å². The van der Waals surface area contributed by atoms with Gasteiger partial charge in [-0.15, -0.1) is 11.3 Å². The van der Waals surface area contributed by atoms with Crippen LogP contribution in [0.25, 0.3) is 20.7 Å². The van der Waals surface area contributed by atoms with Crippen molar-refractivity contribution in [3.63, 3.8) is 0 Å². The van der Waals surface area contributed by atoms with Gasteiger partial charge in [0.05, 0.1) is 67.3 Å². The Morgan fingerprint density at radius 3 is 2.19 bits per heavy atom. The Morgan fingerprint density at radius 1 is 0.832 bits per heavy atom. The second-order valence-electron chi connectivity index (χ2n) is 28.9. The van der Waals surface area contributed by atoms with Crippen molar-refractivity contribution in [2.75, 3.05) is 29.1 Å². The van der Waals surface area contributed by atoms with Crippen LogP contribution in [0.2, 0.25) is 0 Å². The summed E-state index contributed by atoms with van der Waals surface area (Å²) in [6.45, 7) is 12.7. The largest absolute Gasteiger partial charge is 0.391 e. The first kappa shape index (κ1) is 67.9. The molecule has 95 heavy (non-hydrogen) atoms. The maximum atomic E-state index is 15.0. The number of sulfonamides is 1. The summed E-state index contributed by atoms with van der Waals surface area (Å²) in [5.41, 5.74) is 11.1. The molecule has 6 aromatic rings. The van der Waals surface area contributed by atoms with Gasteiger partial charge in [0.1, 0.15) is 17.8 Å². The van der Waals surface area contributed by atoms with E-state index < -0.39 is 51.5 Å². The summed E-state index contributed by atoms with van der Waals surface area (Å²) in [4.78, 5) is 84.3. The lowest BCUT2D eigenvalue weighted by Crippen LogP contribution is -2.57. The number of aliphatic hydroxyl groups is 1. The zero-order valence-corrected chi connectivity index (χ0v) is 58.4. The number of carbonyl (C=O) groups excluding carboxylic acids is 5. The van der Waals surface area contributed by atoms with E-state index >= 15 is 0 Å². The second kappa shape index (κ2) is 28.5. The molecule has 19 nitrogen and oxygen atoms in total. The van der Waals surface area contributed by atoms with E-state index in [0.717, 1.165) is 123 Å². The van der Waals surface area contributed by atoms with Crippen molar-refractivity contribution in [3.05, 3.63) is 135 Å². The van der Waals surface area contributed by atoms with Crippen molar-refractivity contribution < 1.29 is 37.5 Å². The minimum absolute atomic E-state index is 0.00269. The molecule has 506 valence electrons. The molecule has 3 aromatic carbocycles. The average Bonchev–Trinajstić information content (AvgIpc) is 1.70. The van der Waals surface area contributed by atoms with E-state index in [1.807, 2.05) is 119 Å². The van der Waals surface area contributed by atoms with Gasteiger partial charge in [0, 0.05) is 44.0 Å². The first-order valence-electron chi connectivity index (χ1n) is 34.4. The SMILES string of the molecule is Cc1ncsc1-c1ccc([C@H](C)NC(=O)[C@@H]2C[C@@H](O)CN2C(=O)[C@@H](NC(=O)CCCCCCCCCCCS(=O)(=O)NC(=O)C2=CC=CC(c3ccc(C(=O)Nc4nc5ccccc5s4)c4c3CCNC4)N2c2c(C34CC5CC(CC(C5)C3)C4)nn(C)c2C)C(C)(C)C)cc1. The van der Waals surface area contributed by atoms with Gasteiger partial charge in [0.2, 0.25) is 27.7 Å². The molecule has 5 amide bonds. The lowest BCUT2D eigenvalue weighted by Gasteiger charge is -2.56. The van der Waals surface area contributed by atoms with Crippen LogP contribution in [0, 0.1) is 37.0 Å². The predicted octanol–water partition coefficient (Wildman–Crippen LogP) is 11.9. The van der Waals surface area contributed by atoms with E-state index in [2.05, 4.69) is 53.9 Å². The van der Waals surface area contributed by atoms with E-state index in [0.29, 0.717) is 67.2 Å². The summed E-state index contributed by atoms with van der Waals surface area (Å²) in [6, 6.07) is 17.0. The zero-order chi connectivity index (χ0) is 66.9. The topological polar surface area (TPSA) is 250 Å². The van der Waals surface area contributed by atoms with Gasteiger partial charge in [-0.1, -0.05) is 132 Å². The maximum Gasteiger partial charge on any atom is 0.281 e. The monoisotopic (exact) mass is 1350 g/mol. The van der Waals surface area contributed by atoms with Crippen LogP contribution in [0.3, 0.4) is 0 Å². The van der Waals surface area contributed by atoms with Crippen LogP contribution in [-0.2, 0) is 54.6 Å². The van der Waals surface area contributed by atoms with Crippen molar-refractivity contribution in [1.29, 1.82) is 0 Å². The Bertz CT molecular complexity index is 3960. The van der Waals surface area contributed by atoms with Crippen LogP contribution in [0.4, 0.5) is 10.8 Å². The summed E-state index contributed by atoms with van der Waals surface area (Å²) in [5, 5.41) is 29.3. The number of para-hydroxylation sites is 1. The van der Waals surface area contributed by atoms with Crippen LogP contribution < -0.4 is 30.9 Å². The minimum Gasteiger partial charge on any atom is -0.391 e. The van der Waals surface area contributed by atoms with Gasteiger partial charge in [-0.2, -0.15) is 5.10 Å². The van der Waals surface area contributed by atoms with Crippen molar-refractivity contribution in [1.82, 2.24) is 45.3 Å². The first-order valence-corrected chi connectivity index (χ1v) is 37.8. The number of nitrogens with one attached hydrogen (secondary N) is 5. The third kappa shape index (κ3) is 14.9. The van der Waals surface area contributed by atoms with E-state index in [9.17, 15) is 37.5 Å². The van der Waals surface area contributed by atoms with Crippen molar-refractivity contribution >= 4 is 83.3 Å². The molecule has 5 fully saturated rings. The Hall–Kier alpha value is -7.11. The van der Waals surface area contributed by atoms with Crippen LogP contribution in [0.1, 0.15) is 199 Å². The van der Waals surface area contributed by atoms with Crippen LogP contribution >= 0.6 is 22.7 Å². The highest BCUT2D eigenvalue weighted by Crippen LogP contribution is 2.62. The highest BCUT2D eigenvalue weighted by molar-refractivity contribution is 7.90. The lowest BCUT2D eigenvalue weighted by atomic mass is 9.48. The minimum atomic E-state index is -4.05. The van der Waals surface area contributed by atoms with Gasteiger partial charge >= 0.3 is 0 Å². The number of thiazole rings is 2. The smallest absolute Gasteiger partial charge is 0.281 e. The Labute approximate surface area is 566 Å². The summed E-state index contributed by atoms with van der Waals surface area (Å²) < 4.78 is 33.5. The Morgan fingerprint density at radius 2 is 1.52 bits per heavy atom. The highest BCUT2D eigenvalue weighted by Gasteiger charge is 2.55. The molecule has 4 aliphatic carbocycles. The summed E-state index contributed by atoms with van der Waals surface area (Å²) in [6.07, 6.45) is 19.9. The van der Waals surface area contributed by atoms with Crippen molar-refractivity contribution in [2.45, 2.75) is 199 Å².